The maximum absolute atomic E-state index is 11.2. The monoisotopic (exact) mass is 462 g/mol. The lowest BCUT2D eigenvalue weighted by atomic mass is 9.99. The summed E-state index contributed by atoms with van der Waals surface area (Å²) in [6, 6.07) is 0. The highest BCUT2D eigenvalue weighted by molar-refractivity contribution is 6.74. The molecule has 9 heteroatoms. The molecule has 5 atom stereocenters. The number of hydrogen-bond acceptors (Lipinski definition) is 8. The number of esters is 1. The van der Waals surface area contributed by atoms with E-state index in [2.05, 4.69) is 45.2 Å². The third-order valence-electron chi connectivity index (χ3n) is 6.00. The SMILES string of the molecule is C=CCO[C@H]1[C@@H](O)[C@@H](CO[Si](C)(C)C(C)(C)C)O[C@H](OCCCCCC(=O)OC)[C@@H]1O. The Balaban J connectivity index is 2.68. The molecule has 1 aliphatic heterocycles. The second-order valence-electron chi connectivity index (χ2n) is 9.44. The molecule has 0 aliphatic carbocycles. The van der Waals surface area contributed by atoms with Gasteiger partial charge in [0.15, 0.2) is 14.6 Å². The molecular weight excluding hydrogens is 420 g/mol. The molecule has 1 fully saturated rings. The highest BCUT2D eigenvalue weighted by atomic mass is 28.4. The van der Waals surface area contributed by atoms with E-state index < -0.39 is 39.0 Å². The molecule has 0 unspecified atom stereocenters. The Kier molecular flexibility index (Phi) is 11.9. The topological polar surface area (TPSA) is 104 Å². The highest BCUT2D eigenvalue weighted by Crippen LogP contribution is 2.37. The first kappa shape index (κ1) is 28.2. The Morgan fingerprint density at radius 3 is 2.39 bits per heavy atom. The van der Waals surface area contributed by atoms with Crippen molar-refractivity contribution in [2.24, 2.45) is 0 Å². The zero-order valence-electron chi connectivity index (χ0n) is 20.0. The number of ether oxygens (including phenoxy) is 4. The lowest BCUT2D eigenvalue weighted by Crippen LogP contribution is -2.61. The molecule has 0 saturated carbocycles. The van der Waals surface area contributed by atoms with Crippen LogP contribution >= 0.6 is 0 Å². The van der Waals surface area contributed by atoms with E-state index in [1.165, 1.54) is 7.11 Å². The van der Waals surface area contributed by atoms with Gasteiger partial charge >= 0.3 is 5.97 Å². The van der Waals surface area contributed by atoms with E-state index in [4.69, 9.17) is 18.6 Å². The number of rotatable bonds is 13. The van der Waals surface area contributed by atoms with E-state index in [1.807, 2.05) is 0 Å². The standard InChI is InChI=1S/C22H42O8Si/c1-8-13-27-20-18(24)16(15-29-31(6,7)22(2,3)4)30-21(19(20)25)28-14-11-9-10-12-17(23)26-5/h8,16,18-21,24-25H,1,9-15H2,2-7H3/t16-,18+,19-,20+,21+/m1/s1. The Hall–Kier alpha value is -0.813. The number of hydrogen-bond donors (Lipinski definition) is 2. The minimum absolute atomic E-state index is 0.0188. The third-order valence-corrected chi connectivity index (χ3v) is 10.5. The molecule has 0 bridgehead atoms. The molecule has 8 nitrogen and oxygen atoms in total. The van der Waals surface area contributed by atoms with Gasteiger partial charge in [0.1, 0.15) is 24.4 Å². The van der Waals surface area contributed by atoms with Gasteiger partial charge in [-0.1, -0.05) is 33.3 Å². The van der Waals surface area contributed by atoms with Gasteiger partial charge in [-0.15, -0.1) is 6.58 Å². The number of unbranched alkanes of at least 4 members (excludes halogenated alkanes) is 2. The smallest absolute Gasteiger partial charge is 0.305 e. The van der Waals surface area contributed by atoms with Crippen LogP contribution < -0.4 is 0 Å². The molecule has 0 radical (unpaired) electrons. The number of carbonyl (C=O) groups excluding carboxylic acids is 1. The van der Waals surface area contributed by atoms with Crippen LogP contribution in [0.5, 0.6) is 0 Å². The average Bonchev–Trinajstić information content (AvgIpc) is 2.69. The third kappa shape index (κ3) is 8.92. The number of aliphatic hydroxyl groups excluding tert-OH is 2. The molecule has 1 saturated heterocycles. The normalized spacial score (nSPS) is 27.2. The van der Waals surface area contributed by atoms with Gasteiger partial charge in [0.2, 0.25) is 0 Å². The van der Waals surface area contributed by atoms with Gasteiger partial charge in [-0.2, -0.15) is 0 Å². The van der Waals surface area contributed by atoms with Crippen LogP contribution in [0.1, 0.15) is 46.5 Å². The van der Waals surface area contributed by atoms with Crippen LogP contribution in [0.2, 0.25) is 18.1 Å². The Morgan fingerprint density at radius 2 is 1.81 bits per heavy atom. The molecule has 1 heterocycles. The van der Waals surface area contributed by atoms with Crippen molar-refractivity contribution in [3.8, 4) is 0 Å². The highest BCUT2D eigenvalue weighted by Gasteiger charge is 2.47. The maximum atomic E-state index is 11.2. The van der Waals surface area contributed by atoms with Gasteiger partial charge in [-0.25, -0.2) is 0 Å². The minimum Gasteiger partial charge on any atom is -0.469 e. The summed E-state index contributed by atoms with van der Waals surface area (Å²) in [7, 11) is -0.674. The summed E-state index contributed by atoms with van der Waals surface area (Å²) >= 11 is 0. The van der Waals surface area contributed by atoms with Crippen molar-refractivity contribution in [1.82, 2.24) is 0 Å². The van der Waals surface area contributed by atoms with E-state index in [9.17, 15) is 15.0 Å². The zero-order valence-corrected chi connectivity index (χ0v) is 21.0. The number of methoxy groups -OCH3 is 1. The van der Waals surface area contributed by atoms with Gasteiger partial charge in [-0.05, 0) is 31.0 Å². The molecule has 0 aromatic carbocycles. The lowest BCUT2D eigenvalue weighted by molar-refractivity contribution is -0.306. The van der Waals surface area contributed by atoms with Crippen molar-refractivity contribution >= 4 is 14.3 Å². The molecule has 0 spiro atoms. The van der Waals surface area contributed by atoms with Crippen molar-refractivity contribution in [3.05, 3.63) is 12.7 Å². The van der Waals surface area contributed by atoms with Gasteiger partial charge in [0, 0.05) is 13.0 Å². The first-order valence-electron chi connectivity index (χ1n) is 11.0. The van der Waals surface area contributed by atoms with Crippen molar-refractivity contribution in [2.75, 3.05) is 26.9 Å². The first-order chi connectivity index (χ1) is 14.4. The summed E-state index contributed by atoms with van der Waals surface area (Å²) in [5, 5.41) is 21.4. The van der Waals surface area contributed by atoms with E-state index in [0.29, 0.717) is 25.9 Å². The van der Waals surface area contributed by atoms with Crippen LogP contribution in [0, 0.1) is 0 Å². The molecule has 182 valence electrons. The predicted octanol–water partition coefficient (Wildman–Crippen LogP) is 2.78. The molecule has 2 N–H and O–H groups in total. The molecule has 0 aromatic rings. The molecule has 0 amide bonds. The fourth-order valence-electron chi connectivity index (χ4n) is 2.91. The molecular formula is C22H42O8Si. The van der Waals surface area contributed by atoms with Crippen molar-refractivity contribution in [3.63, 3.8) is 0 Å². The maximum Gasteiger partial charge on any atom is 0.305 e. The van der Waals surface area contributed by atoms with Gasteiger partial charge < -0.3 is 33.6 Å². The predicted molar refractivity (Wildman–Crippen MR) is 120 cm³/mol. The van der Waals surface area contributed by atoms with Crippen LogP contribution in [0.15, 0.2) is 12.7 Å². The summed E-state index contributed by atoms with van der Waals surface area (Å²) in [6.07, 6.45) is -0.564. The molecule has 0 aromatic heterocycles. The van der Waals surface area contributed by atoms with Gasteiger partial charge in [0.25, 0.3) is 0 Å². The molecule has 31 heavy (non-hydrogen) atoms. The van der Waals surface area contributed by atoms with Gasteiger partial charge in [-0.3, -0.25) is 4.79 Å². The van der Waals surface area contributed by atoms with Crippen LogP contribution in [0.3, 0.4) is 0 Å². The second kappa shape index (κ2) is 13.0. The number of carbonyl (C=O) groups is 1. The summed E-state index contributed by atoms with van der Waals surface area (Å²) in [4.78, 5) is 11.2. The van der Waals surface area contributed by atoms with Crippen LogP contribution in [0.25, 0.3) is 0 Å². The van der Waals surface area contributed by atoms with E-state index in [0.717, 1.165) is 6.42 Å². The largest absolute Gasteiger partial charge is 0.469 e. The lowest BCUT2D eigenvalue weighted by Gasteiger charge is -2.44. The summed E-state index contributed by atoms with van der Waals surface area (Å²) in [5.41, 5.74) is 0. The Morgan fingerprint density at radius 1 is 1.13 bits per heavy atom. The summed E-state index contributed by atoms with van der Waals surface area (Å²) in [5.74, 6) is -0.229. The van der Waals surface area contributed by atoms with E-state index >= 15 is 0 Å². The van der Waals surface area contributed by atoms with Crippen molar-refractivity contribution in [2.45, 2.75) is 95.3 Å². The number of aliphatic hydroxyl groups is 2. The average molecular weight is 463 g/mol. The second-order valence-corrected chi connectivity index (χ2v) is 14.2. The van der Waals surface area contributed by atoms with Crippen molar-refractivity contribution < 1.29 is 38.4 Å². The summed E-state index contributed by atoms with van der Waals surface area (Å²) < 4.78 is 28.1. The van der Waals surface area contributed by atoms with Gasteiger partial charge in [0.05, 0.1) is 20.3 Å². The first-order valence-corrected chi connectivity index (χ1v) is 13.9. The fraction of sp³-hybridized carbons (Fsp3) is 0.864. The van der Waals surface area contributed by atoms with Crippen LogP contribution in [-0.4, -0.2) is 82.1 Å². The van der Waals surface area contributed by atoms with Crippen molar-refractivity contribution in [1.29, 1.82) is 0 Å². The van der Waals surface area contributed by atoms with E-state index in [1.54, 1.807) is 6.08 Å². The molecule has 1 rings (SSSR count). The Bertz CT molecular complexity index is 548. The van der Waals surface area contributed by atoms with Crippen LogP contribution in [0.4, 0.5) is 0 Å². The quantitative estimate of drug-likeness (QED) is 0.186. The summed E-state index contributed by atoms with van der Waals surface area (Å²) in [6.45, 7) is 15.0. The minimum atomic E-state index is -2.05. The Labute approximate surface area is 188 Å². The zero-order chi connectivity index (χ0) is 23.7. The molecule has 1 aliphatic rings. The fourth-order valence-corrected chi connectivity index (χ4v) is 3.92. The van der Waals surface area contributed by atoms with E-state index in [-0.39, 0.29) is 24.2 Å². The van der Waals surface area contributed by atoms with Crippen LogP contribution in [-0.2, 0) is 28.2 Å².